The topological polar surface area (TPSA) is 122 Å². The zero-order valence-corrected chi connectivity index (χ0v) is 14.3. The number of hydrogen-bond donors (Lipinski definition) is 1. The van der Waals surface area contributed by atoms with Gasteiger partial charge in [0, 0.05) is 12.1 Å². The van der Waals surface area contributed by atoms with Gasteiger partial charge in [0.1, 0.15) is 6.07 Å². The first-order chi connectivity index (χ1) is 12.9. The summed E-state index contributed by atoms with van der Waals surface area (Å²) < 4.78 is 4.99. The maximum Gasteiger partial charge on any atom is 0.331 e. The second kappa shape index (κ2) is 8.92. The number of nitro groups is 1. The number of amides is 1. The van der Waals surface area contributed by atoms with Crippen LogP contribution in [0.4, 0.5) is 11.4 Å². The van der Waals surface area contributed by atoms with Gasteiger partial charge >= 0.3 is 5.97 Å². The minimum absolute atomic E-state index is 0.152. The van der Waals surface area contributed by atoms with Crippen molar-refractivity contribution in [3.8, 4) is 6.07 Å². The predicted octanol–water partition coefficient (Wildman–Crippen LogP) is 3.05. The van der Waals surface area contributed by atoms with Gasteiger partial charge < -0.3 is 10.1 Å². The highest BCUT2D eigenvalue weighted by molar-refractivity contribution is 5.97. The Kier molecular flexibility index (Phi) is 6.39. The lowest BCUT2D eigenvalue weighted by molar-refractivity contribution is -0.385. The molecule has 0 radical (unpaired) electrons. The van der Waals surface area contributed by atoms with Crippen LogP contribution in [0, 0.1) is 21.4 Å². The SMILES string of the molecule is C[C@H](OC(=O)/C=C/c1ccccc1[N+](=O)[O-])C(=O)Nc1ccccc1C#N. The molecule has 2 aromatic rings. The number of carbonyl (C=O) groups is 2. The van der Waals surface area contributed by atoms with Gasteiger partial charge in [-0.25, -0.2) is 4.79 Å². The lowest BCUT2D eigenvalue weighted by Crippen LogP contribution is -2.29. The maximum absolute atomic E-state index is 12.1. The fourth-order valence-electron chi connectivity index (χ4n) is 2.14. The van der Waals surface area contributed by atoms with Gasteiger partial charge in [-0.1, -0.05) is 24.3 Å². The minimum Gasteiger partial charge on any atom is -0.449 e. The third-order valence-corrected chi connectivity index (χ3v) is 3.50. The van der Waals surface area contributed by atoms with Crippen LogP contribution < -0.4 is 5.32 Å². The molecule has 8 heteroatoms. The molecule has 2 rings (SSSR count). The smallest absolute Gasteiger partial charge is 0.331 e. The molecular weight excluding hydrogens is 350 g/mol. The number of rotatable bonds is 6. The molecule has 0 bridgehead atoms. The normalized spacial score (nSPS) is 11.4. The van der Waals surface area contributed by atoms with Crippen molar-refractivity contribution in [1.82, 2.24) is 0 Å². The quantitative estimate of drug-likeness (QED) is 0.363. The number of anilines is 1. The molecule has 0 unspecified atom stereocenters. The molecule has 0 saturated carbocycles. The van der Waals surface area contributed by atoms with E-state index in [1.165, 1.54) is 31.2 Å². The molecule has 0 aliphatic rings. The second-order valence-corrected chi connectivity index (χ2v) is 5.38. The largest absolute Gasteiger partial charge is 0.449 e. The van der Waals surface area contributed by atoms with Crippen molar-refractivity contribution in [2.75, 3.05) is 5.32 Å². The summed E-state index contributed by atoms with van der Waals surface area (Å²) in [6.07, 6.45) is 1.13. The van der Waals surface area contributed by atoms with Gasteiger partial charge in [0.05, 0.1) is 21.7 Å². The van der Waals surface area contributed by atoms with E-state index in [4.69, 9.17) is 10.00 Å². The van der Waals surface area contributed by atoms with E-state index >= 15 is 0 Å². The van der Waals surface area contributed by atoms with Crippen LogP contribution in [0.5, 0.6) is 0 Å². The number of benzene rings is 2. The van der Waals surface area contributed by atoms with Crippen LogP contribution in [0.15, 0.2) is 54.6 Å². The number of ether oxygens (including phenoxy) is 1. The number of nitro benzene ring substituents is 1. The van der Waals surface area contributed by atoms with Crippen molar-refractivity contribution >= 4 is 29.3 Å². The van der Waals surface area contributed by atoms with E-state index < -0.39 is 22.9 Å². The number of nitrogens with one attached hydrogen (secondary N) is 1. The summed E-state index contributed by atoms with van der Waals surface area (Å²) >= 11 is 0. The van der Waals surface area contributed by atoms with Crippen LogP contribution in [0.3, 0.4) is 0 Å². The van der Waals surface area contributed by atoms with Gasteiger partial charge in [0.15, 0.2) is 6.10 Å². The van der Waals surface area contributed by atoms with E-state index in [2.05, 4.69) is 5.32 Å². The first kappa shape index (κ1) is 19.3. The number of para-hydroxylation sites is 2. The second-order valence-electron chi connectivity index (χ2n) is 5.38. The average Bonchev–Trinajstić information content (AvgIpc) is 2.66. The predicted molar refractivity (Wildman–Crippen MR) is 97.5 cm³/mol. The van der Waals surface area contributed by atoms with E-state index in [1.54, 1.807) is 30.3 Å². The van der Waals surface area contributed by atoms with E-state index in [-0.39, 0.29) is 16.8 Å². The van der Waals surface area contributed by atoms with Crippen LogP contribution in [0.25, 0.3) is 6.08 Å². The Labute approximate surface area is 154 Å². The van der Waals surface area contributed by atoms with Gasteiger partial charge in [-0.3, -0.25) is 14.9 Å². The van der Waals surface area contributed by atoms with Gasteiger partial charge in [-0.15, -0.1) is 0 Å². The zero-order valence-electron chi connectivity index (χ0n) is 14.3. The Morgan fingerprint density at radius 3 is 2.59 bits per heavy atom. The van der Waals surface area contributed by atoms with Crippen molar-refractivity contribution in [3.63, 3.8) is 0 Å². The molecule has 0 saturated heterocycles. The minimum atomic E-state index is -1.13. The van der Waals surface area contributed by atoms with Crippen LogP contribution in [0.2, 0.25) is 0 Å². The number of hydrogen-bond acceptors (Lipinski definition) is 6. The molecule has 136 valence electrons. The fraction of sp³-hybridized carbons (Fsp3) is 0.105. The molecule has 2 aromatic carbocycles. The Bertz CT molecular complexity index is 946. The Hall–Kier alpha value is -3.99. The molecule has 1 amide bonds. The van der Waals surface area contributed by atoms with E-state index in [9.17, 15) is 19.7 Å². The maximum atomic E-state index is 12.1. The summed E-state index contributed by atoms with van der Waals surface area (Å²) in [5.74, 6) is -1.44. The number of esters is 1. The monoisotopic (exact) mass is 365 g/mol. The number of nitrogens with zero attached hydrogens (tertiary/aromatic N) is 2. The highest BCUT2D eigenvalue weighted by Crippen LogP contribution is 2.19. The highest BCUT2D eigenvalue weighted by Gasteiger charge is 2.18. The summed E-state index contributed by atoms with van der Waals surface area (Å²) in [5.41, 5.74) is 0.670. The molecule has 0 aromatic heterocycles. The molecule has 8 nitrogen and oxygen atoms in total. The third-order valence-electron chi connectivity index (χ3n) is 3.50. The molecule has 1 N–H and O–H groups in total. The van der Waals surface area contributed by atoms with Crippen LogP contribution in [-0.4, -0.2) is 22.9 Å². The lowest BCUT2D eigenvalue weighted by atomic mass is 10.1. The van der Waals surface area contributed by atoms with E-state index in [1.807, 2.05) is 6.07 Å². The highest BCUT2D eigenvalue weighted by atomic mass is 16.6. The van der Waals surface area contributed by atoms with Gasteiger partial charge in [0.2, 0.25) is 0 Å². The molecule has 0 spiro atoms. The molecule has 1 atom stereocenters. The third kappa shape index (κ3) is 5.24. The molecule has 0 fully saturated rings. The van der Waals surface area contributed by atoms with E-state index in [0.717, 1.165) is 6.08 Å². The summed E-state index contributed by atoms with van der Waals surface area (Å²) in [7, 11) is 0. The molecule has 0 aliphatic carbocycles. The van der Waals surface area contributed by atoms with Crippen molar-refractivity contribution < 1.29 is 19.2 Å². The van der Waals surface area contributed by atoms with E-state index in [0.29, 0.717) is 5.69 Å². The molecular formula is C19H15N3O5. The number of nitriles is 1. The first-order valence-electron chi connectivity index (χ1n) is 7.84. The summed E-state index contributed by atoms with van der Waals surface area (Å²) in [5, 5.41) is 22.5. The first-order valence-corrected chi connectivity index (χ1v) is 7.84. The summed E-state index contributed by atoms with van der Waals surface area (Å²) in [6, 6.07) is 14.3. The Morgan fingerprint density at radius 2 is 1.89 bits per heavy atom. The lowest BCUT2D eigenvalue weighted by Gasteiger charge is -2.13. The van der Waals surface area contributed by atoms with Crippen molar-refractivity contribution in [1.29, 1.82) is 5.26 Å². The van der Waals surface area contributed by atoms with Crippen molar-refractivity contribution in [2.45, 2.75) is 13.0 Å². The molecule has 0 aliphatic heterocycles. The Balaban J connectivity index is 2.00. The van der Waals surface area contributed by atoms with Gasteiger partial charge in [-0.05, 0) is 31.2 Å². The Morgan fingerprint density at radius 1 is 1.22 bits per heavy atom. The molecule has 27 heavy (non-hydrogen) atoms. The number of carbonyl (C=O) groups excluding carboxylic acids is 2. The fourth-order valence-corrected chi connectivity index (χ4v) is 2.14. The summed E-state index contributed by atoms with van der Waals surface area (Å²) in [6.45, 7) is 1.38. The van der Waals surface area contributed by atoms with Crippen molar-refractivity contribution in [2.24, 2.45) is 0 Å². The zero-order chi connectivity index (χ0) is 19.8. The van der Waals surface area contributed by atoms with Crippen LogP contribution in [-0.2, 0) is 14.3 Å². The van der Waals surface area contributed by atoms with Gasteiger partial charge in [0.25, 0.3) is 11.6 Å². The van der Waals surface area contributed by atoms with Crippen LogP contribution in [0.1, 0.15) is 18.1 Å². The average molecular weight is 365 g/mol. The van der Waals surface area contributed by atoms with Crippen molar-refractivity contribution in [3.05, 3.63) is 75.8 Å². The summed E-state index contributed by atoms with van der Waals surface area (Å²) in [4.78, 5) is 34.4. The van der Waals surface area contributed by atoms with Crippen LogP contribution >= 0.6 is 0 Å². The standard InChI is InChI=1S/C19H15N3O5/c1-13(19(24)21-16-8-4-2-7-15(16)12-20)27-18(23)11-10-14-6-3-5-9-17(14)22(25)26/h2-11,13H,1H3,(H,21,24)/b11-10+/t13-/m0/s1. The molecule has 0 heterocycles. The van der Waals surface area contributed by atoms with Gasteiger partial charge in [-0.2, -0.15) is 5.26 Å².